The maximum Gasteiger partial charge on any atom is 0.293 e. The number of nitrogens with two attached hydrogens (primary N) is 1. The average molecular weight is 445 g/mol. The molecule has 15 heteroatoms. The van der Waals surface area contributed by atoms with Crippen LogP contribution in [0.5, 0.6) is 0 Å². The zero-order chi connectivity index (χ0) is 21.1. The SMILES string of the molecule is Cc1ccsc1/C=N/NC(=O)c1nnn(-c2nonc2N)c1CSc1nncn1C. The van der Waals surface area contributed by atoms with Crippen LogP contribution in [-0.4, -0.2) is 52.2 Å². The van der Waals surface area contributed by atoms with Crippen molar-refractivity contribution in [2.45, 2.75) is 17.8 Å². The molecule has 4 aromatic rings. The Morgan fingerprint density at radius 1 is 1.43 bits per heavy atom. The largest absolute Gasteiger partial charge is 0.378 e. The number of aromatic nitrogens is 8. The maximum atomic E-state index is 12.7. The number of carbonyl (C=O) groups is 1. The Labute approximate surface area is 177 Å². The van der Waals surface area contributed by atoms with Crippen LogP contribution in [0.1, 0.15) is 26.6 Å². The molecule has 4 rings (SSSR count). The minimum Gasteiger partial charge on any atom is -0.378 e. The number of amides is 1. The van der Waals surface area contributed by atoms with Crippen molar-refractivity contribution >= 4 is 41.0 Å². The Bertz CT molecular complexity index is 1200. The van der Waals surface area contributed by atoms with E-state index < -0.39 is 5.91 Å². The highest BCUT2D eigenvalue weighted by atomic mass is 32.2. The number of thiophene rings is 1. The zero-order valence-corrected chi connectivity index (χ0v) is 17.4. The first kappa shape index (κ1) is 19.7. The lowest BCUT2D eigenvalue weighted by Crippen LogP contribution is -2.20. The van der Waals surface area contributed by atoms with Crippen molar-refractivity contribution in [1.29, 1.82) is 0 Å². The van der Waals surface area contributed by atoms with E-state index in [0.717, 1.165) is 10.4 Å². The van der Waals surface area contributed by atoms with E-state index in [9.17, 15) is 4.79 Å². The fourth-order valence-corrected chi connectivity index (χ4v) is 4.04. The highest BCUT2D eigenvalue weighted by Crippen LogP contribution is 2.24. The van der Waals surface area contributed by atoms with Gasteiger partial charge in [0.05, 0.1) is 11.9 Å². The molecule has 0 saturated heterocycles. The molecule has 0 fully saturated rings. The van der Waals surface area contributed by atoms with Crippen LogP contribution >= 0.6 is 23.1 Å². The molecule has 0 spiro atoms. The van der Waals surface area contributed by atoms with Crippen LogP contribution < -0.4 is 11.2 Å². The number of rotatable bonds is 7. The Balaban J connectivity index is 1.60. The molecule has 0 aliphatic heterocycles. The molecule has 0 aromatic carbocycles. The van der Waals surface area contributed by atoms with E-state index in [1.165, 1.54) is 27.8 Å². The fourth-order valence-electron chi connectivity index (χ4n) is 2.37. The second-order valence-electron chi connectivity index (χ2n) is 5.95. The highest BCUT2D eigenvalue weighted by Gasteiger charge is 2.24. The van der Waals surface area contributed by atoms with Crippen LogP contribution in [-0.2, 0) is 12.8 Å². The van der Waals surface area contributed by atoms with E-state index in [1.54, 1.807) is 17.1 Å². The molecule has 0 saturated carbocycles. The van der Waals surface area contributed by atoms with Crippen molar-refractivity contribution in [3.8, 4) is 5.82 Å². The molecule has 0 aliphatic rings. The summed E-state index contributed by atoms with van der Waals surface area (Å²) in [5, 5.41) is 29.7. The minimum atomic E-state index is -0.532. The van der Waals surface area contributed by atoms with Gasteiger partial charge in [0.2, 0.25) is 11.6 Å². The lowest BCUT2D eigenvalue weighted by atomic mass is 10.3. The van der Waals surface area contributed by atoms with E-state index in [-0.39, 0.29) is 23.1 Å². The third kappa shape index (κ3) is 3.92. The summed E-state index contributed by atoms with van der Waals surface area (Å²) >= 11 is 2.86. The van der Waals surface area contributed by atoms with Crippen LogP contribution in [0.2, 0.25) is 0 Å². The molecule has 0 atom stereocenters. The number of anilines is 1. The molecule has 1 amide bonds. The lowest BCUT2D eigenvalue weighted by molar-refractivity contribution is 0.0949. The lowest BCUT2D eigenvalue weighted by Gasteiger charge is -2.05. The summed E-state index contributed by atoms with van der Waals surface area (Å²) in [6.45, 7) is 1.96. The summed E-state index contributed by atoms with van der Waals surface area (Å²) < 4.78 is 7.69. The van der Waals surface area contributed by atoms with E-state index in [1.807, 2.05) is 25.4 Å². The van der Waals surface area contributed by atoms with Crippen molar-refractivity contribution in [2.24, 2.45) is 12.1 Å². The first-order valence-electron chi connectivity index (χ1n) is 8.42. The summed E-state index contributed by atoms with van der Waals surface area (Å²) in [6, 6.07) is 1.97. The van der Waals surface area contributed by atoms with Gasteiger partial charge in [-0.25, -0.2) is 10.1 Å². The van der Waals surface area contributed by atoms with Crippen molar-refractivity contribution < 1.29 is 9.42 Å². The van der Waals surface area contributed by atoms with Crippen molar-refractivity contribution in [2.75, 3.05) is 5.73 Å². The van der Waals surface area contributed by atoms with Crippen LogP contribution in [0.15, 0.2) is 32.7 Å². The van der Waals surface area contributed by atoms with Crippen LogP contribution in [0.4, 0.5) is 5.82 Å². The van der Waals surface area contributed by atoms with Crippen molar-refractivity contribution in [1.82, 2.24) is 45.5 Å². The van der Waals surface area contributed by atoms with Gasteiger partial charge in [-0.1, -0.05) is 17.0 Å². The first-order valence-corrected chi connectivity index (χ1v) is 10.3. The van der Waals surface area contributed by atoms with Gasteiger partial charge < -0.3 is 10.3 Å². The molecule has 13 nitrogen and oxygen atoms in total. The second-order valence-corrected chi connectivity index (χ2v) is 7.84. The van der Waals surface area contributed by atoms with Gasteiger partial charge in [-0.05, 0) is 34.2 Å². The van der Waals surface area contributed by atoms with Crippen molar-refractivity contribution in [3.63, 3.8) is 0 Å². The van der Waals surface area contributed by atoms with Gasteiger partial charge in [0.1, 0.15) is 6.33 Å². The van der Waals surface area contributed by atoms with Gasteiger partial charge in [-0.2, -0.15) is 9.78 Å². The van der Waals surface area contributed by atoms with E-state index >= 15 is 0 Å². The molecule has 0 unspecified atom stereocenters. The summed E-state index contributed by atoms with van der Waals surface area (Å²) in [4.78, 5) is 13.6. The Kier molecular flexibility index (Phi) is 5.53. The molecule has 4 aromatic heterocycles. The molecule has 0 radical (unpaired) electrons. The quantitative estimate of drug-likeness (QED) is 0.236. The number of thioether (sulfide) groups is 1. The fraction of sp³-hybridized carbons (Fsp3) is 0.200. The van der Waals surface area contributed by atoms with Crippen LogP contribution in [0, 0.1) is 6.92 Å². The number of hydrogen-bond donors (Lipinski definition) is 2. The molecule has 30 heavy (non-hydrogen) atoms. The van der Waals surface area contributed by atoms with Gasteiger partial charge in [0.15, 0.2) is 10.9 Å². The molecule has 4 heterocycles. The summed E-state index contributed by atoms with van der Waals surface area (Å²) in [5.41, 5.74) is 9.80. The van der Waals surface area contributed by atoms with E-state index in [0.29, 0.717) is 10.9 Å². The summed E-state index contributed by atoms with van der Waals surface area (Å²) in [6.07, 6.45) is 3.15. The first-order chi connectivity index (χ1) is 14.5. The number of nitrogen functional groups attached to an aromatic ring is 1. The number of hydrogen-bond acceptors (Lipinski definition) is 12. The van der Waals surface area contributed by atoms with Crippen LogP contribution in [0.25, 0.3) is 5.82 Å². The van der Waals surface area contributed by atoms with Gasteiger partial charge in [-0.3, -0.25) is 4.79 Å². The number of hydrazone groups is 1. The van der Waals surface area contributed by atoms with Gasteiger partial charge >= 0.3 is 0 Å². The normalized spacial score (nSPS) is 11.4. The van der Waals surface area contributed by atoms with Crippen LogP contribution in [0.3, 0.4) is 0 Å². The Hall–Kier alpha value is -3.59. The number of carbonyl (C=O) groups excluding carboxylic acids is 1. The minimum absolute atomic E-state index is 0.0166. The van der Waals surface area contributed by atoms with Gasteiger partial charge in [0.25, 0.3) is 5.91 Å². The molecular formula is C15H15N11O2S2. The second kappa shape index (κ2) is 8.42. The monoisotopic (exact) mass is 445 g/mol. The average Bonchev–Trinajstić information content (AvgIpc) is 3.49. The summed E-state index contributed by atoms with van der Waals surface area (Å²) in [7, 11) is 1.81. The zero-order valence-electron chi connectivity index (χ0n) is 15.8. The Morgan fingerprint density at radius 2 is 2.30 bits per heavy atom. The predicted molar refractivity (Wildman–Crippen MR) is 108 cm³/mol. The third-order valence-corrected chi connectivity index (χ3v) is 5.93. The highest BCUT2D eigenvalue weighted by molar-refractivity contribution is 7.98. The predicted octanol–water partition coefficient (Wildman–Crippen LogP) is 0.787. The molecule has 154 valence electrons. The molecule has 0 aliphatic carbocycles. The standard InChI is InChI=1S/C15H15N11O2S2/c1-8-3-4-29-10(8)5-17-20-14(27)11-9(6-30-15-21-18-7-25(15)2)26(24-19-11)13-12(16)22-28-23-13/h3-5,7H,6H2,1-2H3,(H2,16,22)(H,20,27)/b17-5+. The van der Waals surface area contributed by atoms with E-state index in [4.69, 9.17) is 5.73 Å². The summed E-state index contributed by atoms with van der Waals surface area (Å²) in [5.74, 6) is -0.103. The number of aryl methyl sites for hydroxylation is 2. The maximum absolute atomic E-state index is 12.7. The smallest absolute Gasteiger partial charge is 0.293 e. The molecular weight excluding hydrogens is 430 g/mol. The topological polar surface area (TPSA) is 168 Å². The molecule has 0 bridgehead atoms. The van der Waals surface area contributed by atoms with Gasteiger partial charge in [0, 0.05) is 17.7 Å². The third-order valence-electron chi connectivity index (χ3n) is 3.93. The van der Waals surface area contributed by atoms with Gasteiger partial charge in [-0.15, -0.1) is 26.6 Å². The molecule has 3 N–H and O–H groups in total. The number of nitrogens with zero attached hydrogens (tertiary/aromatic N) is 9. The van der Waals surface area contributed by atoms with Crippen molar-refractivity contribution in [3.05, 3.63) is 39.6 Å². The van der Waals surface area contributed by atoms with E-state index in [2.05, 4.69) is 46.0 Å². The Morgan fingerprint density at radius 3 is 2.97 bits per heavy atom. The number of nitrogens with one attached hydrogen (secondary N) is 1.